The van der Waals surface area contributed by atoms with Crippen LogP contribution in [-0.2, 0) is 6.42 Å². The smallest absolute Gasteiger partial charge is 0.252 e. The number of thiophene rings is 1. The summed E-state index contributed by atoms with van der Waals surface area (Å²) >= 11 is 1.47. The van der Waals surface area contributed by atoms with Gasteiger partial charge < -0.3 is 11.5 Å². The molecule has 0 fully saturated rings. The van der Waals surface area contributed by atoms with Crippen molar-refractivity contribution in [3.63, 3.8) is 0 Å². The van der Waals surface area contributed by atoms with Gasteiger partial charge in [0.1, 0.15) is 0 Å². The molecule has 3 nitrogen and oxygen atoms in total. The third kappa shape index (κ3) is 1.37. The van der Waals surface area contributed by atoms with Crippen LogP contribution in [0.1, 0.15) is 26.4 Å². The molecule has 0 aliphatic heterocycles. The van der Waals surface area contributed by atoms with Gasteiger partial charge in [0.15, 0.2) is 0 Å². The summed E-state index contributed by atoms with van der Waals surface area (Å²) in [5.74, 6) is -0.436. The Bertz CT molecular complexity index is 643. The van der Waals surface area contributed by atoms with Crippen LogP contribution in [0.5, 0.6) is 0 Å². The molecule has 0 atom stereocenters. The summed E-state index contributed by atoms with van der Waals surface area (Å²) < 4.78 is 0. The Morgan fingerprint density at radius 3 is 2.88 bits per heavy atom. The normalized spacial score (nSPS) is 12.3. The van der Waals surface area contributed by atoms with Crippen LogP contribution >= 0.6 is 11.3 Å². The van der Waals surface area contributed by atoms with Crippen molar-refractivity contribution < 1.29 is 4.79 Å². The topological polar surface area (TPSA) is 69.1 Å². The van der Waals surface area contributed by atoms with Gasteiger partial charge in [-0.2, -0.15) is 0 Å². The molecule has 0 spiro atoms. The molecule has 1 amide bonds. The van der Waals surface area contributed by atoms with Crippen molar-refractivity contribution in [3.05, 3.63) is 39.8 Å². The molecule has 86 valence electrons. The number of hydrogen-bond donors (Lipinski definition) is 2. The Morgan fingerprint density at radius 2 is 2.18 bits per heavy atom. The fraction of sp³-hybridized carbons (Fsp3) is 0.154. The molecule has 1 heterocycles. The summed E-state index contributed by atoms with van der Waals surface area (Å²) in [5.41, 5.74) is 16.3. The highest BCUT2D eigenvalue weighted by molar-refractivity contribution is 7.17. The number of nitrogens with two attached hydrogens (primary N) is 2. The minimum Gasteiger partial charge on any atom is -0.390 e. The fourth-order valence-electron chi connectivity index (χ4n) is 2.40. The number of benzene rings is 1. The fourth-order valence-corrected chi connectivity index (χ4v) is 3.51. The van der Waals surface area contributed by atoms with Crippen molar-refractivity contribution in [1.82, 2.24) is 0 Å². The molecule has 0 saturated carbocycles. The number of hydrogen-bond acceptors (Lipinski definition) is 3. The second kappa shape index (κ2) is 3.34. The quantitative estimate of drug-likeness (QED) is 0.689. The average Bonchev–Trinajstić information content (AvgIpc) is 2.72. The van der Waals surface area contributed by atoms with Crippen LogP contribution in [0.4, 0.5) is 5.00 Å². The van der Waals surface area contributed by atoms with E-state index >= 15 is 0 Å². The Hall–Kier alpha value is -1.81. The van der Waals surface area contributed by atoms with Gasteiger partial charge in [-0.25, -0.2) is 0 Å². The highest BCUT2D eigenvalue weighted by Crippen LogP contribution is 2.46. The Kier molecular flexibility index (Phi) is 2.03. The molecule has 0 radical (unpaired) electrons. The molecule has 4 N–H and O–H groups in total. The predicted octanol–water partition coefficient (Wildman–Crippen LogP) is 2.31. The zero-order chi connectivity index (χ0) is 12.2. The summed E-state index contributed by atoms with van der Waals surface area (Å²) in [6.07, 6.45) is 0.854. The van der Waals surface area contributed by atoms with Gasteiger partial charge in [0.05, 0.1) is 10.6 Å². The van der Waals surface area contributed by atoms with Gasteiger partial charge in [0.2, 0.25) is 0 Å². The lowest BCUT2D eigenvalue weighted by Gasteiger charge is -2.04. The van der Waals surface area contributed by atoms with E-state index in [1.54, 1.807) is 0 Å². The van der Waals surface area contributed by atoms with Crippen LogP contribution in [0.2, 0.25) is 0 Å². The molecule has 17 heavy (non-hydrogen) atoms. The van der Waals surface area contributed by atoms with Crippen molar-refractivity contribution in [2.75, 3.05) is 5.73 Å². The first-order chi connectivity index (χ1) is 8.08. The van der Waals surface area contributed by atoms with Crippen LogP contribution in [0.25, 0.3) is 11.1 Å². The highest BCUT2D eigenvalue weighted by Gasteiger charge is 2.28. The molecule has 1 aromatic heterocycles. The molecule has 4 heteroatoms. The van der Waals surface area contributed by atoms with Crippen molar-refractivity contribution in [2.45, 2.75) is 13.3 Å². The van der Waals surface area contributed by atoms with Gasteiger partial charge in [-0.05, 0) is 18.1 Å². The maximum Gasteiger partial charge on any atom is 0.252 e. The number of nitrogen functional groups attached to an aromatic ring is 1. The van der Waals surface area contributed by atoms with Gasteiger partial charge in [-0.3, -0.25) is 4.79 Å². The zero-order valence-electron chi connectivity index (χ0n) is 9.41. The van der Waals surface area contributed by atoms with Gasteiger partial charge in [-0.15, -0.1) is 11.3 Å². The van der Waals surface area contributed by atoms with E-state index in [1.165, 1.54) is 22.5 Å². The number of amides is 1. The summed E-state index contributed by atoms with van der Waals surface area (Å²) in [5, 5.41) is 0.537. The van der Waals surface area contributed by atoms with Crippen molar-refractivity contribution in [1.29, 1.82) is 0 Å². The number of anilines is 1. The standard InChI is InChI=1S/C13H12N2OS/c1-6-2-3-7-5-9-10(8(7)4-6)11(12(14)16)13(15)17-9/h2-4H,5,15H2,1H3,(H2,14,16). The molecule has 2 aromatic rings. The molecule has 0 unspecified atom stereocenters. The van der Waals surface area contributed by atoms with Crippen molar-refractivity contribution >= 4 is 22.2 Å². The largest absolute Gasteiger partial charge is 0.390 e. The Labute approximate surface area is 103 Å². The summed E-state index contributed by atoms with van der Waals surface area (Å²) in [6, 6.07) is 6.29. The van der Waals surface area contributed by atoms with Crippen LogP contribution in [0.3, 0.4) is 0 Å². The molecule has 0 bridgehead atoms. The Morgan fingerprint density at radius 1 is 1.41 bits per heavy atom. The van der Waals surface area contributed by atoms with E-state index in [1.807, 2.05) is 6.92 Å². The second-order valence-electron chi connectivity index (χ2n) is 4.34. The first-order valence-electron chi connectivity index (χ1n) is 5.38. The van der Waals surface area contributed by atoms with Crippen LogP contribution < -0.4 is 11.5 Å². The first kappa shape index (κ1) is 10.4. The van der Waals surface area contributed by atoms with Gasteiger partial charge >= 0.3 is 0 Å². The number of carbonyl (C=O) groups excluding carboxylic acids is 1. The van der Waals surface area contributed by atoms with E-state index in [0.717, 1.165) is 22.4 Å². The molecule has 3 rings (SSSR count). The van der Waals surface area contributed by atoms with E-state index in [-0.39, 0.29) is 0 Å². The van der Waals surface area contributed by atoms with Crippen LogP contribution in [0, 0.1) is 6.92 Å². The minimum atomic E-state index is -0.436. The first-order valence-corrected chi connectivity index (χ1v) is 6.20. The lowest BCUT2D eigenvalue weighted by atomic mass is 10.0. The number of carbonyl (C=O) groups is 1. The third-order valence-electron chi connectivity index (χ3n) is 3.14. The van der Waals surface area contributed by atoms with Gasteiger partial charge in [-0.1, -0.05) is 23.8 Å². The minimum absolute atomic E-state index is 0.436. The van der Waals surface area contributed by atoms with E-state index in [9.17, 15) is 4.79 Å². The summed E-state index contributed by atoms with van der Waals surface area (Å²) in [4.78, 5) is 12.6. The average molecular weight is 244 g/mol. The molecule has 1 aliphatic carbocycles. The number of aryl methyl sites for hydroxylation is 1. The molecular weight excluding hydrogens is 232 g/mol. The van der Waals surface area contributed by atoms with E-state index < -0.39 is 5.91 Å². The predicted molar refractivity (Wildman–Crippen MR) is 70.2 cm³/mol. The highest BCUT2D eigenvalue weighted by atomic mass is 32.1. The number of fused-ring (bicyclic) bond motifs is 3. The lowest BCUT2D eigenvalue weighted by Crippen LogP contribution is -2.12. The zero-order valence-corrected chi connectivity index (χ0v) is 10.2. The van der Waals surface area contributed by atoms with E-state index in [2.05, 4.69) is 18.2 Å². The molecule has 1 aliphatic rings. The molecule has 1 aromatic carbocycles. The number of primary amides is 1. The maximum absolute atomic E-state index is 11.5. The van der Waals surface area contributed by atoms with Crippen molar-refractivity contribution in [2.24, 2.45) is 5.73 Å². The monoisotopic (exact) mass is 244 g/mol. The maximum atomic E-state index is 11.5. The number of rotatable bonds is 1. The van der Waals surface area contributed by atoms with Gasteiger partial charge in [0.25, 0.3) is 5.91 Å². The molecular formula is C13H12N2OS. The second-order valence-corrected chi connectivity index (χ2v) is 5.48. The summed E-state index contributed by atoms with van der Waals surface area (Å²) in [7, 11) is 0. The van der Waals surface area contributed by atoms with Gasteiger partial charge in [0, 0.05) is 16.9 Å². The van der Waals surface area contributed by atoms with Crippen molar-refractivity contribution in [3.8, 4) is 11.1 Å². The SMILES string of the molecule is Cc1ccc2c(c1)-c1c(sc(N)c1C(N)=O)C2. The summed E-state index contributed by atoms with van der Waals surface area (Å²) in [6.45, 7) is 2.04. The lowest BCUT2D eigenvalue weighted by molar-refractivity contribution is 0.100. The van der Waals surface area contributed by atoms with Crippen LogP contribution in [0.15, 0.2) is 18.2 Å². The van der Waals surface area contributed by atoms with Crippen LogP contribution in [-0.4, -0.2) is 5.91 Å². The Balaban J connectivity index is 2.32. The third-order valence-corrected chi connectivity index (χ3v) is 4.16. The molecule has 0 saturated heterocycles. The van der Waals surface area contributed by atoms with E-state index in [4.69, 9.17) is 11.5 Å². The van der Waals surface area contributed by atoms with E-state index in [0.29, 0.717) is 10.6 Å².